The summed E-state index contributed by atoms with van der Waals surface area (Å²) >= 11 is 0. The number of hydrogen-bond acceptors (Lipinski definition) is 5. The molecule has 0 saturated carbocycles. The molecule has 0 fully saturated rings. The molecule has 0 radical (unpaired) electrons. The zero-order chi connectivity index (χ0) is 21.3. The molecule has 2 atom stereocenters. The van der Waals surface area contributed by atoms with Gasteiger partial charge in [0.05, 0.1) is 5.92 Å². The first-order valence-corrected chi connectivity index (χ1v) is 9.53. The Balaban J connectivity index is 1.88. The number of ketones is 3. The third-order valence-electron chi connectivity index (χ3n) is 5.68. The maximum Gasteiger partial charge on any atom is 0.260 e. The summed E-state index contributed by atoms with van der Waals surface area (Å²) in [5.74, 6) is -3.02. The van der Waals surface area contributed by atoms with Gasteiger partial charge in [0.25, 0.3) is 5.54 Å². The van der Waals surface area contributed by atoms with Gasteiger partial charge in [0.1, 0.15) is 0 Å². The molecule has 1 aliphatic carbocycles. The van der Waals surface area contributed by atoms with Crippen LogP contribution in [0.15, 0.2) is 84.9 Å². The van der Waals surface area contributed by atoms with Crippen molar-refractivity contribution in [3.8, 4) is 0 Å². The van der Waals surface area contributed by atoms with Crippen LogP contribution in [0.1, 0.15) is 49.0 Å². The highest BCUT2D eigenvalue weighted by atomic mass is 16.8. The van der Waals surface area contributed by atoms with Gasteiger partial charge < -0.3 is 5.21 Å². The van der Waals surface area contributed by atoms with E-state index in [1.54, 1.807) is 72.8 Å². The topological polar surface area (TPSA) is 98.9 Å². The number of hydrogen-bond donors (Lipinski definition) is 2. The normalized spacial score (nSPS) is 16.7. The third kappa shape index (κ3) is 2.98. The molecule has 3 aromatic carbocycles. The van der Waals surface area contributed by atoms with Gasteiger partial charge in [-0.2, -0.15) is 0 Å². The standard InChI is InChI=1S/C24H19NO5/c26-21(17-11-5-2-6-12-17)15-20(16-9-3-1-4-10-16)24(25(29)30)22(27)18-13-7-8-14-19(18)23(24)28/h1-14,20,25,29H,15H2. The zero-order valence-electron chi connectivity index (χ0n) is 15.9. The fourth-order valence-electron chi connectivity index (χ4n) is 4.20. The number of hydroxylamine groups is 2. The first kappa shape index (κ1) is 19.8. The Morgan fingerprint density at radius 1 is 0.833 bits per heavy atom. The van der Waals surface area contributed by atoms with Crippen LogP contribution in [0.4, 0.5) is 0 Å². The van der Waals surface area contributed by atoms with E-state index >= 15 is 0 Å². The SMILES string of the molecule is O=C(CC(c1ccccc1)C1([NH+]([O-])O)C(=O)c2ccccc2C1=O)c1ccccc1. The predicted molar refractivity (Wildman–Crippen MR) is 109 cm³/mol. The van der Waals surface area contributed by atoms with Crippen molar-refractivity contribution in [1.82, 2.24) is 0 Å². The number of carbonyl (C=O) groups excluding carboxylic acids is 3. The molecule has 0 saturated heterocycles. The van der Waals surface area contributed by atoms with E-state index < -0.39 is 28.2 Å². The van der Waals surface area contributed by atoms with E-state index in [1.807, 2.05) is 0 Å². The minimum absolute atomic E-state index is 0.0815. The van der Waals surface area contributed by atoms with Crippen molar-refractivity contribution in [3.05, 3.63) is 112 Å². The largest absolute Gasteiger partial charge is 0.599 e. The Hall–Kier alpha value is -3.45. The van der Waals surface area contributed by atoms with Crippen molar-refractivity contribution in [2.75, 3.05) is 0 Å². The third-order valence-corrected chi connectivity index (χ3v) is 5.68. The van der Waals surface area contributed by atoms with Crippen LogP contribution in [0.25, 0.3) is 0 Å². The predicted octanol–water partition coefficient (Wildman–Crippen LogP) is 2.63. The van der Waals surface area contributed by atoms with Crippen molar-refractivity contribution in [3.63, 3.8) is 0 Å². The van der Waals surface area contributed by atoms with Crippen molar-refractivity contribution in [1.29, 1.82) is 0 Å². The highest BCUT2D eigenvalue weighted by Crippen LogP contribution is 2.40. The lowest BCUT2D eigenvalue weighted by Crippen LogP contribution is -3.17. The average molecular weight is 401 g/mol. The Morgan fingerprint density at radius 3 is 1.80 bits per heavy atom. The lowest BCUT2D eigenvalue weighted by molar-refractivity contribution is -1.07. The van der Waals surface area contributed by atoms with Crippen molar-refractivity contribution in [2.24, 2.45) is 0 Å². The van der Waals surface area contributed by atoms with Gasteiger partial charge in [0.2, 0.25) is 11.6 Å². The molecule has 6 nitrogen and oxygen atoms in total. The number of rotatable bonds is 6. The maximum atomic E-state index is 13.4. The van der Waals surface area contributed by atoms with Crippen LogP contribution >= 0.6 is 0 Å². The molecule has 1 aliphatic rings. The first-order valence-electron chi connectivity index (χ1n) is 9.53. The lowest BCUT2D eigenvalue weighted by atomic mass is 9.73. The fourth-order valence-corrected chi connectivity index (χ4v) is 4.20. The van der Waals surface area contributed by atoms with Crippen LogP contribution in [-0.4, -0.2) is 28.1 Å². The average Bonchev–Trinajstić information content (AvgIpc) is 3.01. The van der Waals surface area contributed by atoms with Crippen LogP contribution in [-0.2, 0) is 0 Å². The summed E-state index contributed by atoms with van der Waals surface area (Å²) in [7, 11) is 0. The van der Waals surface area contributed by atoms with E-state index in [0.717, 1.165) is 0 Å². The van der Waals surface area contributed by atoms with Crippen LogP contribution in [0.5, 0.6) is 0 Å². The molecular formula is C24H19NO5. The van der Waals surface area contributed by atoms with Crippen LogP contribution in [0, 0.1) is 5.21 Å². The summed E-state index contributed by atoms with van der Waals surface area (Å²) in [4.78, 5) is 39.8. The van der Waals surface area contributed by atoms with Crippen molar-refractivity contribution in [2.45, 2.75) is 17.9 Å². The minimum Gasteiger partial charge on any atom is -0.599 e. The Morgan fingerprint density at radius 2 is 1.30 bits per heavy atom. The Labute approximate surface area is 172 Å². The molecule has 0 aromatic heterocycles. The Kier molecular flexibility index (Phi) is 5.13. The molecule has 0 bridgehead atoms. The fraction of sp³-hybridized carbons (Fsp3) is 0.125. The molecule has 150 valence electrons. The van der Waals surface area contributed by atoms with Crippen LogP contribution in [0.3, 0.4) is 0 Å². The Bertz CT molecular complexity index is 1070. The smallest absolute Gasteiger partial charge is 0.260 e. The van der Waals surface area contributed by atoms with Gasteiger partial charge in [0.15, 0.2) is 5.78 Å². The maximum absolute atomic E-state index is 13.4. The van der Waals surface area contributed by atoms with E-state index in [2.05, 4.69) is 0 Å². The van der Waals surface area contributed by atoms with Gasteiger partial charge in [-0.25, -0.2) is 10.4 Å². The molecule has 0 spiro atoms. The van der Waals surface area contributed by atoms with Gasteiger partial charge in [-0.1, -0.05) is 84.9 Å². The molecule has 30 heavy (non-hydrogen) atoms. The van der Waals surface area contributed by atoms with E-state index in [4.69, 9.17) is 0 Å². The molecule has 2 N–H and O–H groups in total. The summed E-state index contributed by atoms with van der Waals surface area (Å²) in [6.07, 6.45) is -0.286. The zero-order valence-corrected chi connectivity index (χ0v) is 15.9. The van der Waals surface area contributed by atoms with Gasteiger partial charge >= 0.3 is 0 Å². The van der Waals surface area contributed by atoms with Gasteiger partial charge in [-0.05, 0) is 5.56 Å². The summed E-state index contributed by atoms with van der Waals surface area (Å²) in [5.41, 5.74) is -1.36. The van der Waals surface area contributed by atoms with Crippen molar-refractivity contribution < 1.29 is 24.8 Å². The number of quaternary nitrogens is 1. The molecule has 0 heterocycles. The molecule has 4 rings (SSSR count). The highest BCUT2D eigenvalue weighted by Gasteiger charge is 2.64. The van der Waals surface area contributed by atoms with Gasteiger partial charge in [0, 0.05) is 23.1 Å². The van der Waals surface area contributed by atoms with E-state index in [9.17, 15) is 24.8 Å². The summed E-state index contributed by atoms with van der Waals surface area (Å²) in [6.45, 7) is 0. The van der Waals surface area contributed by atoms with Crippen LogP contribution < -0.4 is 5.23 Å². The molecular weight excluding hydrogens is 382 g/mol. The molecule has 6 heteroatoms. The summed E-state index contributed by atoms with van der Waals surface area (Å²) < 4.78 is 0. The highest BCUT2D eigenvalue weighted by molar-refractivity contribution is 6.32. The van der Waals surface area contributed by atoms with Crippen molar-refractivity contribution >= 4 is 17.3 Å². The monoisotopic (exact) mass is 401 g/mol. The second kappa shape index (κ2) is 7.76. The number of carbonyl (C=O) groups is 3. The second-order valence-electron chi connectivity index (χ2n) is 7.27. The van der Waals surface area contributed by atoms with Gasteiger partial charge in [-0.3, -0.25) is 14.4 Å². The molecule has 0 amide bonds. The summed E-state index contributed by atoms with van der Waals surface area (Å²) in [5, 5.41) is 21.3. The summed E-state index contributed by atoms with van der Waals surface area (Å²) in [6, 6.07) is 23.0. The second-order valence-corrected chi connectivity index (χ2v) is 7.27. The van der Waals surface area contributed by atoms with Gasteiger partial charge in [-0.15, -0.1) is 0 Å². The first-order chi connectivity index (χ1) is 14.5. The van der Waals surface area contributed by atoms with E-state index in [-0.39, 0.29) is 23.3 Å². The molecule has 3 aromatic rings. The number of nitrogens with one attached hydrogen (secondary N) is 1. The lowest BCUT2D eigenvalue weighted by Gasteiger charge is -2.38. The minimum atomic E-state index is -2.38. The number of Topliss-reactive ketones (excluding diaryl/α,β-unsaturated/α-hetero) is 3. The quantitative estimate of drug-likeness (QED) is 0.376. The molecule has 2 unspecified atom stereocenters. The van der Waals surface area contributed by atoms with E-state index in [0.29, 0.717) is 11.1 Å². The van der Waals surface area contributed by atoms with E-state index in [1.165, 1.54) is 12.1 Å². The number of benzene rings is 3. The number of fused-ring (bicyclic) bond motifs is 1. The molecule has 0 aliphatic heterocycles. The van der Waals surface area contributed by atoms with Crippen LogP contribution in [0.2, 0.25) is 0 Å².